The van der Waals surface area contributed by atoms with Crippen molar-refractivity contribution < 1.29 is 0 Å². The molecule has 4 heteroatoms. The minimum Gasteiger partial charge on any atom is -0.370 e. The van der Waals surface area contributed by atoms with E-state index in [2.05, 4.69) is 20.6 Å². The van der Waals surface area contributed by atoms with E-state index >= 15 is 0 Å². The van der Waals surface area contributed by atoms with Crippen molar-refractivity contribution in [3.05, 3.63) is 18.1 Å². The molecule has 0 aliphatic heterocycles. The van der Waals surface area contributed by atoms with E-state index in [4.69, 9.17) is 0 Å². The minimum absolute atomic E-state index is 0.721. The molecule has 1 aliphatic carbocycles. The van der Waals surface area contributed by atoms with Crippen molar-refractivity contribution in [1.82, 2.24) is 15.3 Å². The molecule has 1 aliphatic rings. The summed E-state index contributed by atoms with van der Waals surface area (Å²) in [5, 5.41) is 6.46. The van der Waals surface area contributed by atoms with Crippen molar-refractivity contribution >= 4 is 5.82 Å². The van der Waals surface area contributed by atoms with Gasteiger partial charge in [0, 0.05) is 12.7 Å². The van der Waals surface area contributed by atoms with Crippen LogP contribution in [0, 0.1) is 5.92 Å². The standard InChI is InChI=1S/C12H20N4/c1-13-9-12-14-7-6-11(16-12)15-8-10-4-2-3-5-10/h6-7,10,13H,2-5,8-9H2,1H3,(H,14,15,16). The van der Waals surface area contributed by atoms with Crippen LogP contribution in [0.1, 0.15) is 31.5 Å². The molecule has 1 aromatic rings. The maximum absolute atomic E-state index is 4.44. The van der Waals surface area contributed by atoms with Crippen LogP contribution in [0.3, 0.4) is 0 Å². The van der Waals surface area contributed by atoms with Crippen LogP contribution in [-0.4, -0.2) is 23.6 Å². The number of hydrogen-bond acceptors (Lipinski definition) is 4. The van der Waals surface area contributed by atoms with Gasteiger partial charge < -0.3 is 10.6 Å². The fourth-order valence-corrected chi connectivity index (χ4v) is 2.20. The molecule has 88 valence electrons. The zero-order valence-corrected chi connectivity index (χ0v) is 9.87. The smallest absolute Gasteiger partial charge is 0.144 e. The Morgan fingerprint density at radius 3 is 2.94 bits per heavy atom. The molecular formula is C12H20N4. The Morgan fingerprint density at radius 2 is 2.19 bits per heavy atom. The molecule has 0 aromatic carbocycles. The van der Waals surface area contributed by atoms with E-state index in [1.807, 2.05) is 19.3 Å². The third-order valence-corrected chi connectivity index (χ3v) is 3.09. The van der Waals surface area contributed by atoms with Gasteiger partial charge in [0.2, 0.25) is 0 Å². The molecule has 0 unspecified atom stereocenters. The van der Waals surface area contributed by atoms with Gasteiger partial charge in [-0.15, -0.1) is 0 Å². The Hall–Kier alpha value is -1.16. The van der Waals surface area contributed by atoms with Gasteiger partial charge in [0.05, 0.1) is 6.54 Å². The van der Waals surface area contributed by atoms with Crippen molar-refractivity contribution in [2.24, 2.45) is 5.92 Å². The highest BCUT2D eigenvalue weighted by atomic mass is 15.0. The summed E-state index contributed by atoms with van der Waals surface area (Å²) in [7, 11) is 1.90. The van der Waals surface area contributed by atoms with Crippen molar-refractivity contribution in [3.8, 4) is 0 Å². The summed E-state index contributed by atoms with van der Waals surface area (Å²) in [5.41, 5.74) is 0. The van der Waals surface area contributed by atoms with Gasteiger partial charge in [0.1, 0.15) is 11.6 Å². The number of rotatable bonds is 5. The summed E-state index contributed by atoms with van der Waals surface area (Å²) in [6.07, 6.45) is 7.32. The van der Waals surface area contributed by atoms with Gasteiger partial charge in [-0.3, -0.25) is 0 Å². The summed E-state index contributed by atoms with van der Waals surface area (Å²) in [6.45, 7) is 1.77. The number of hydrogen-bond donors (Lipinski definition) is 2. The molecule has 0 radical (unpaired) electrons. The third-order valence-electron chi connectivity index (χ3n) is 3.09. The Bertz CT molecular complexity index is 321. The van der Waals surface area contributed by atoms with Crippen molar-refractivity contribution in [2.75, 3.05) is 18.9 Å². The number of aromatic nitrogens is 2. The molecule has 1 heterocycles. The summed E-state index contributed by atoms with van der Waals surface area (Å²) in [6, 6.07) is 1.94. The zero-order chi connectivity index (χ0) is 11.2. The lowest BCUT2D eigenvalue weighted by atomic mass is 10.1. The van der Waals surface area contributed by atoms with E-state index in [0.717, 1.165) is 30.6 Å². The number of nitrogens with one attached hydrogen (secondary N) is 2. The molecule has 0 saturated heterocycles. The number of nitrogens with zero attached hydrogens (tertiary/aromatic N) is 2. The van der Waals surface area contributed by atoms with Crippen molar-refractivity contribution in [3.63, 3.8) is 0 Å². The maximum Gasteiger partial charge on any atom is 0.144 e. The van der Waals surface area contributed by atoms with Gasteiger partial charge in [-0.1, -0.05) is 12.8 Å². The highest BCUT2D eigenvalue weighted by molar-refractivity contribution is 5.32. The average molecular weight is 220 g/mol. The SMILES string of the molecule is CNCc1nccc(NCC2CCCC2)n1. The van der Waals surface area contributed by atoms with Crippen LogP contribution in [0.15, 0.2) is 12.3 Å². The second-order valence-corrected chi connectivity index (χ2v) is 4.42. The Kier molecular flexibility index (Phi) is 4.10. The first-order valence-electron chi connectivity index (χ1n) is 6.09. The van der Waals surface area contributed by atoms with E-state index in [1.54, 1.807) is 0 Å². The molecular weight excluding hydrogens is 200 g/mol. The van der Waals surface area contributed by atoms with Crippen molar-refractivity contribution in [1.29, 1.82) is 0 Å². The summed E-state index contributed by atoms with van der Waals surface area (Å²) >= 11 is 0. The van der Waals surface area contributed by atoms with Gasteiger partial charge in [-0.25, -0.2) is 9.97 Å². The molecule has 16 heavy (non-hydrogen) atoms. The molecule has 1 aromatic heterocycles. The van der Waals surface area contributed by atoms with Gasteiger partial charge in [0.15, 0.2) is 0 Å². The van der Waals surface area contributed by atoms with E-state index in [-0.39, 0.29) is 0 Å². The second-order valence-electron chi connectivity index (χ2n) is 4.42. The average Bonchev–Trinajstić information content (AvgIpc) is 2.80. The molecule has 2 N–H and O–H groups in total. The predicted molar refractivity (Wildman–Crippen MR) is 65.2 cm³/mol. The molecule has 4 nitrogen and oxygen atoms in total. The van der Waals surface area contributed by atoms with E-state index in [0.29, 0.717) is 0 Å². The summed E-state index contributed by atoms with van der Waals surface area (Å²) in [5.74, 6) is 2.63. The van der Waals surface area contributed by atoms with E-state index in [1.165, 1.54) is 25.7 Å². The largest absolute Gasteiger partial charge is 0.370 e. The summed E-state index contributed by atoms with van der Waals surface area (Å²) < 4.78 is 0. The van der Waals surface area contributed by atoms with Gasteiger partial charge in [-0.05, 0) is 31.9 Å². The second kappa shape index (κ2) is 5.80. The first-order valence-corrected chi connectivity index (χ1v) is 6.09. The van der Waals surface area contributed by atoms with E-state index < -0.39 is 0 Å². The van der Waals surface area contributed by atoms with Crippen LogP contribution < -0.4 is 10.6 Å². The van der Waals surface area contributed by atoms with Gasteiger partial charge in [0.25, 0.3) is 0 Å². The van der Waals surface area contributed by atoms with Crippen LogP contribution in [0.2, 0.25) is 0 Å². The molecule has 0 atom stereocenters. The highest BCUT2D eigenvalue weighted by Crippen LogP contribution is 2.24. The number of anilines is 1. The normalized spacial score (nSPS) is 16.6. The minimum atomic E-state index is 0.721. The van der Waals surface area contributed by atoms with Crippen LogP contribution in [-0.2, 0) is 6.54 Å². The van der Waals surface area contributed by atoms with E-state index in [9.17, 15) is 0 Å². The van der Waals surface area contributed by atoms with Crippen molar-refractivity contribution in [2.45, 2.75) is 32.2 Å². The first kappa shape index (κ1) is 11.3. The predicted octanol–water partition coefficient (Wildman–Crippen LogP) is 1.80. The lowest BCUT2D eigenvalue weighted by molar-refractivity contribution is 0.578. The Labute approximate surface area is 96.9 Å². The summed E-state index contributed by atoms with van der Waals surface area (Å²) in [4.78, 5) is 8.63. The molecule has 0 bridgehead atoms. The fraction of sp³-hybridized carbons (Fsp3) is 0.667. The Morgan fingerprint density at radius 1 is 1.38 bits per heavy atom. The molecule has 1 fully saturated rings. The van der Waals surface area contributed by atoms with Crippen LogP contribution in [0.5, 0.6) is 0 Å². The van der Waals surface area contributed by atoms with Crippen LogP contribution in [0.4, 0.5) is 5.82 Å². The topological polar surface area (TPSA) is 49.8 Å². The first-order chi connectivity index (χ1) is 7.88. The lowest BCUT2D eigenvalue weighted by Crippen LogP contribution is -2.14. The van der Waals surface area contributed by atoms with Crippen LogP contribution in [0.25, 0.3) is 0 Å². The molecule has 1 saturated carbocycles. The van der Waals surface area contributed by atoms with Crippen LogP contribution >= 0.6 is 0 Å². The fourth-order valence-electron chi connectivity index (χ4n) is 2.20. The van der Waals surface area contributed by atoms with Gasteiger partial charge >= 0.3 is 0 Å². The molecule has 0 spiro atoms. The maximum atomic E-state index is 4.44. The highest BCUT2D eigenvalue weighted by Gasteiger charge is 2.14. The Balaban J connectivity index is 1.85. The third kappa shape index (κ3) is 3.17. The molecule has 2 rings (SSSR count). The zero-order valence-electron chi connectivity index (χ0n) is 9.87. The monoisotopic (exact) mass is 220 g/mol. The lowest BCUT2D eigenvalue weighted by Gasteiger charge is -2.11. The molecule has 0 amide bonds. The quantitative estimate of drug-likeness (QED) is 0.794. The van der Waals surface area contributed by atoms with Gasteiger partial charge in [-0.2, -0.15) is 0 Å².